The number of carboxylic acids is 2. The summed E-state index contributed by atoms with van der Waals surface area (Å²) >= 11 is 0. The second kappa shape index (κ2) is 285. The molecule has 0 saturated carbocycles. The van der Waals surface area contributed by atoms with Crippen molar-refractivity contribution in [3.05, 3.63) is 0 Å². The molecule has 108 heavy (non-hydrogen) atoms. The van der Waals surface area contributed by atoms with Gasteiger partial charge in [0.05, 0.1) is 25.9 Å². The van der Waals surface area contributed by atoms with Gasteiger partial charge >= 0.3 is 70.1 Å². The van der Waals surface area contributed by atoms with Gasteiger partial charge in [-0.05, 0) is 124 Å². The largest absolute Gasteiger partial charge is 1.00 e. The first-order valence-corrected chi connectivity index (χ1v) is 32.3. The fourth-order valence-electron chi connectivity index (χ4n) is 4.81. The second-order valence-corrected chi connectivity index (χ2v) is 19.1. The van der Waals surface area contributed by atoms with Crippen LogP contribution in [0.25, 0.3) is 0 Å². The van der Waals surface area contributed by atoms with Crippen LogP contribution in [0, 0.1) is 5.92 Å². The van der Waals surface area contributed by atoms with E-state index in [4.69, 9.17) is 67.6 Å². The Morgan fingerprint density at radius 2 is 0.611 bits per heavy atom. The van der Waals surface area contributed by atoms with E-state index in [1.807, 2.05) is 41.8 Å². The number of unbranched alkanes of at least 4 members (excludes halogenated alkanes) is 12. The molecule has 0 fully saturated rings. The number of nitrogens with two attached hydrogens (primary N) is 2. The number of hydrogen-bond donors (Lipinski definition) is 15. The molecule has 0 aliphatic rings. The zero-order valence-electron chi connectivity index (χ0n) is 57.8. The molecule has 0 aliphatic heterocycles. The first kappa shape index (κ1) is 245. The molecule has 2 unspecified atom stereocenters. The summed E-state index contributed by atoms with van der Waals surface area (Å²) in [7, 11) is 3.96. The van der Waals surface area contributed by atoms with Gasteiger partial charge in [0.2, 0.25) is 0 Å². The SMILES string of the molecule is C.C.C.C.C.C.C.C.C.C.C.C.C.C.C.C.C.C.C.C.C.C.C.C.CCCCC(=O)O.CCCCC(=O)O.CCCCC(CO)CO.CCCCC(O)C(O)CO.CCCCN.CCCCN.CCCCN(CCO)CCO.CCCCNC.CCCCNC.CCCCO.CCCCO.CCCCO[C-]=O.[Rb+]. The summed E-state index contributed by atoms with van der Waals surface area (Å²) in [6.45, 7) is 34.2. The predicted octanol–water partition coefficient (Wildman–Crippen LogP) is 21.5. The summed E-state index contributed by atoms with van der Waals surface area (Å²) in [6.07, 6.45) is 26.4. The van der Waals surface area contributed by atoms with Gasteiger partial charge in [0, 0.05) is 64.9 Å². The molecular formula is C87H244N5O15Rb. The van der Waals surface area contributed by atoms with Gasteiger partial charge in [-0.15, -0.1) is 0 Å². The summed E-state index contributed by atoms with van der Waals surface area (Å²) in [5.74, 6) is -1.27. The monoisotopic (exact) mass is 1680 g/mol. The first-order valence-electron chi connectivity index (χ1n) is 32.3. The molecule has 17 N–H and O–H groups in total. The molecule has 0 spiro atoms. The first-order chi connectivity index (χ1) is 39.9. The molecule has 0 amide bonds. The van der Waals surface area contributed by atoms with Gasteiger partial charge in [-0.1, -0.05) is 358 Å². The summed E-state index contributed by atoms with van der Waals surface area (Å²) in [5, 5.41) is 99.1. The van der Waals surface area contributed by atoms with Gasteiger partial charge in [-0.2, -0.15) is 0 Å². The number of aliphatic hydroxyl groups is 9. The average Bonchev–Trinajstić information content (AvgIpc) is 1.02. The van der Waals surface area contributed by atoms with E-state index in [0.29, 0.717) is 52.2 Å². The third-order valence-electron chi connectivity index (χ3n) is 10.5. The third kappa shape index (κ3) is 402. The third-order valence-corrected chi connectivity index (χ3v) is 10.5. The van der Waals surface area contributed by atoms with Crippen molar-refractivity contribution in [3.63, 3.8) is 0 Å². The van der Waals surface area contributed by atoms with Crippen LogP contribution in [0.5, 0.6) is 0 Å². The molecule has 0 aliphatic carbocycles. The minimum Gasteiger partial charge on any atom is -0.653 e. The molecule has 0 radical (unpaired) electrons. The number of nitrogens with zero attached hydrogens (tertiary/aromatic N) is 1. The van der Waals surface area contributed by atoms with Crippen LogP contribution in [-0.4, -0.2) is 204 Å². The Kier molecular flexibility index (Phi) is 647. The molecule has 0 aromatic carbocycles. The minimum absolute atomic E-state index is 0. The summed E-state index contributed by atoms with van der Waals surface area (Å²) < 4.78 is 4.27. The van der Waals surface area contributed by atoms with Crippen LogP contribution >= 0.6 is 0 Å². The molecular weight excluding hydrogens is 1440 g/mol. The van der Waals surface area contributed by atoms with Crippen LogP contribution in [0.1, 0.15) is 441 Å². The molecule has 2 atom stereocenters. The summed E-state index contributed by atoms with van der Waals surface area (Å²) in [4.78, 5) is 30.9. The zero-order valence-corrected chi connectivity index (χ0v) is 62.7. The molecule has 708 valence electrons. The molecule has 20 nitrogen and oxygen atoms in total. The number of carbonyl (C=O) groups is 2. The predicted molar refractivity (Wildman–Crippen MR) is 513 cm³/mol. The van der Waals surface area contributed by atoms with Crippen LogP contribution < -0.4 is 80.3 Å². The van der Waals surface area contributed by atoms with E-state index in [1.54, 1.807) is 0 Å². The zero-order chi connectivity index (χ0) is 66.7. The number of aliphatic hydroxyl groups excluding tert-OH is 9. The summed E-state index contributed by atoms with van der Waals surface area (Å²) in [5.41, 5.74) is 10.3. The van der Waals surface area contributed by atoms with Crippen LogP contribution in [0.4, 0.5) is 0 Å². The van der Waals surface area contributed by atoms with Crippen molar-refractivity contribution in [1.29, 1.82) is 0 Å². The number of ether oxygens (including phenoxy) is 1. The Morgan fingerprint density at radius 1 is 0.352 bits per heavy atom. The summed E-state index contributed by atoms with van der Waals surface area (Å²) in [6, 6.07) is 0. The number of carboxylic acid groups (broad SMARTS) is 2. The van der Waals surface area contributed by atoms with Crippen molar-refractivity contribution >= 4 is 18.4 Å². The quantitative estimate of drug-likeness (QED) is 0.0200. The van der Waals surface area contributed by atoms with Crippen molar-refractivity contribution in [2.75, 3.05) is 113 Å². The van der Waals surface area contributed by atoms with Crippen LogP contribution in [0.15, 0.2) is 0 Å². The van der Waals surface area contributed by atoms with Crippen molar-refractivity contribution in [1.82, 2.24) is 15.5 Å². The molecule has 0 rings (SSSR count). The molecule has 21 heteroatoms. The Hall–Kier alpha value is -0.345. The maximum Gasteiger partial charge on any atom is 1.00 e. The van der Waals surface area contributed by atoms with Crippen LogP contribution in [-0.2, 0) is 19.1 Å². The maximum absolute atomic E-state index is 9.76. The fraction of sp³-hybridized carbons (Fsp3) is 0.966. The van der Waals surface area contributed by atoms with E-state index in [0.717, 1.165) is 142 Å². The standard InChI is InChI=1S/C8H19NO2.C7H16O3.C7H16O2.2C5H13N.C5H9O2.2C5H10O2.2C4H11N.2C4H10O.24CH4.Rb/c1-2-3-4-9(5-7-10)6-8-11;1-2-3-4-6(9)7(10)5-8;1-2-3-4-7(5-8)6-9;2*1-3-4-5-6-2;1-2-3-4-7-5-6;2*1-2-3-4-5(6)7;4*1-2-3-4-5;;;;;;;;;;;;;;;;;;;;;;;;;/h10-11H,2-8H2,1H3;6-10H,2-5H2,1H3;7-9H,2-6H2,1H3;2*6H,3-5H2,1-2H3;2-4H2,1H3;2*2-4H2,1H3,(H,6,7);2*2-5H2,1H3;2*5H,2-4H2,1H3;24*1H4;/q;;;;;-1;;;;;;;;;;;;;;;;;;;;;;;;;;;;;;;+1. The minimum atomic E-state index is -0.966. The van der Waals surface area contributed by atoms with Crippen LogP contribution in [0.3, 0.4) is 0 Å². The molecule has 0 saturated heterocycles. The number of rotatable bonds is 41. The van der Waals surface area contributed by atoms with E-state index in [1.165, 1.54) is 57.8 Å². The van der Waals surface area contributed by atoms with Gasteiger partial charge in [0.25, 0.3) is 0 Å². The topological polar surface area (TPSA) is 362 Å². The fourth-order valence-corrected chi connectivity index (χ4v) is 4.81. The van der Waals surface area contributed by atoms with Crippen molar-refractivity contribution < 1.29 is 133 Å². The van der Waals surface area contributed by atoms with Crippen LogP contribution in [0.2, 0.25) is 0 Å². The molecule has 0 aromatic rings. The van der Waals surface area contributed by atoms with Crippen molar-refractivity contribution in [2.24, 2.45) is 17.4 Å². The maximum atomic E-state index is 9.76. The average molecular weight is 1690 g/mol. The number of carbonyl (C=O) groups excluding carboxylic acids is 1. The van der Waals surface area contributed by atoms with Gasteiger partial charge in [0.15, 0.2) is 0 Å². The van der Waals surface area contributed by atoms with Crippen molar-refractivity contribution in [2.45, 2.75) is 453 Å². The van der Waals surface area contributed by atoms with Gasteiger partial charge in [-0.25, -0.2) is 0 Å². The molecule has 0 heterocycles. The number of aliphatic carboxylic acids is 2. The Bertz CT molecular complexity index is 916. The normalized spacial score (nSPS) is 7.77. The molecule has 0 bridgehead atoms. The number of nitrogens with one attached hydrogen (secondary N) is 2. The van der Waals surface area contributed by atoms with E-state index >= 15 is 0 Å². The van der Waals surface area contributed by atoms with Crippen molar-refractivity contribution in [3.8, 4) is 0 Å². The van der Waals surface area contributed by atoms with E-state index < -0.39 is 24.1 Å². The molecule has 0 aromatic heterocycles. The van der Waals surface area contributed by atoms with E-state index in [2.05, 4.69) is 75.7 Å². The Morgan fingerprint density at radius 3 is 0.759 bits per heavy atom. The van der Waals surface area contributed by atoms with Gasteiger partial charge in [-0.3, -0.25) is 14.5 Å². The Labute approximate surface area is 744 Å². The van der Waals surface area contributed by atoms with E-state index in [-0.39, 0.29) is 275 Å². The second-order valence-electron chi connectivity index (χ2n) is 19.1. The Balaban J connectivity index is -0.0000000143. The van der Waals surface area contributed by atoms with Gasteiger partial charge < -0.3 is 87.8 Å². The number of hydrogen-bond acceptors (Lipinski definition) is 18. The van der Waals surface area contributed by atoms with E-state index in [9.17, 15) is 14.4 Å². The smallest absolute Gasteiger partial charge is 0.653 e. The van der Waals surface area contributed by atoms with Gasteiger partial charge in [0.1, 0.15) is 6.10 Å².